The first kappa shape index (κ1) is 22.6. The number of carbonyl (C=O) groups is 1. The molecule has 37 heavy (non-hydrogen) atoms. The minimum absolute atomic E-state index is 0.185. The van der Waals surface area contributed by atoms with Gasteiger partial charge >= 0.3 is 0 Å². The number of hydrogen-bond acceptors (Lipinski definition) is 6. The summed E-state index contributed by atoms with van der Waals surface area (Å²) in [6.45, 7) is 3.91. The topological polar surface area (TPSA) is 105 Å². The molecule has 10 nitrogen and oxygen atoms in total. The average molecular weight is 497 g/mol. The zero-order chi connectivity index (χ0) is 25.5. The van der Waals surface area contributed by atoms with Gasteiger partial charge in [-0.15, -0.1) is 0 Å². The van der Waals surface area contributed by atoms with Crippen LogP contribution in [0.5, 0.6) is 11.5 Å². The summed E-state index contributed by atoms with van der Waals surface area (Å²) in [6.07, 6.45) is 3.72. The molecule has 6 rings (SSSR count). The van der Waals surface area contributed by atoms with Gasteiger partial charge in [0.15, 0.2) is 17.3 Å². The second kappa shape index (κ2) is 8.98. The van der Waals surface area contributed by atoms with E-state index in [9.17, 15) is 9.59 Å². The summed E-state index contributed by atoms with van der Waals surface area (Å²) in [5.41, 5.74) is 2.31. The number of hydrogen-bond donors (Lipinski definition) is 1. The molecule has 0 aliphatic carbocycles. The highest BCUT2D eigenvalue weighted by Gasteiger charge is 2.25. The van der Waals surface area contributed by atoms with Crippen LogP contribution in [-0.4, -0.2) is 36.8 Å². The third-order valence-electron chi connectivity index (χ3n) is 6.38. The number of fused-ring (bicyclic) bond motifs is 2. The Morgan fingerprint density at radius 3 is 2.57 bits per heavy atom. The number of carbonyl (C=O) groups excluding carboxylic acids is 1. The van der Waals surface area contributed by atoms with E-state index < -0.39 is 11.6 Å². The molecule has 0 spiro atoms. The van der Waals surface area contributed by atoms with Crippen molar-refractivity contribution in [3.05, 3.63) is 94.7 Å². The molecule has 1 amide bonds. The van der Waals surface area contributed by atoms with Crippen LogP contribution in [-0.2, 0) is 11.3 Å². The molecular formula is C27H24N6O4. The van der Waals surface area contributed by atoms with Crippen LogP contribution in [0.3, 0.4) is 0 Å². The van der Waals surface area contributed by atoms with E-state index in [2.05, 4.69) is 10.4 Å². The van der Waals surface area contributed by atoms with Crippen LogP contribution in [0.2, 0.25) is 0 Å². The Labute approximate surface area is 211 Å². The van der Waals surface area contributed by atoms with E-state index in [-0.39, 0.29) is 19.2 Å². The Morgan fingerprint density at radius 1 is 1.03 bits per heavy atom. The summed E-state index contributed by atoms with van der Waals surface area (Å²) in [4.78, 5) is 26.9. The van der Waals surface area contributed by atoms with Crippen molar-refractivity contribution in [2.45, 2.75) is 26.4 Å². The molecule has 1 aliphatic rings. The van der Waals surface area contributed by atoms with Gasteiger partial charge in [-0.2, -0.15) is 10.2 Å². The molecular weight excluding hydrogens is 472 g/mol. The lowest BCUT2D eigenvalue weighted by Crippen LogP contribution is -2.37. The van der Waals surface area contributed by atoms with Crippen molar-refractivity contribution in [1.29, 1.82) is 0 Å². The Balaban J connectivity index is 1.37. The highest BCUT2D eigenvalue weighted by Crippen LogP contribution is 2.32. The fraction of sp³-hybridized carbons (Fsp3) is 0.185. The molecule has 5 aromatic rings. The van der Waals surface area contributed by atoms with Crippen molar-refractivity contribution in [3.63, 3.8) is 0 Å². The van der Waals surface area contributed by atoms with Gasteiger partial charge in [0, 0.05) is 18.9 Å². The first-order valence-electron chi connectivity index (χ1n) is 11.9. The number of aryl methyl sites for hydroxylation is 1. The summed E-state index contributed by atoms with van der Waals surface area (Å²) in [5, 5.41) is 12.5. The number of ether oxygens (including phenoxy) is 2. The Morgan fingerprint density at radius 2 is 1.78 bits per heavy atom. The molecule has 1 unspecified atom stereocenters. The number of nitrogens with one attached hydrogen (secondary N) is 1. The van der Waals surface area contributed by atoms with Crippen LogP contribution >= 0.6 is 0 Å². The minimum atomic E-state index is -0.845. The predicted molar refractivity (Wildman–Crippen MR) is 136 cm³/mol. The Bertz CT molecular complexity index is 1670. The lowest BCUT2D eigenvalue weighted by molar-refractivity contribution is -0.124. The van der Waals surface area contributed by atoms with Gasteiger partial charge in [0.05, 0.1) is 11.4 Å². The minimum Gasteiger partial charge on any atom is -0.454 e. The van der Waals surface area contributed by atoms with Crippen LogP contribution in [0.4, 0.5) is 0 Å². The van der Waals surface area contributed by atoms with Crippen molar-refractivity contribution in [2.24, 2.45) is 0 Å². The standard InChI is InChI=1S/C27H24N6O4/c1-17-24-23(26(31-12-6-7-13-31)33(30-24)20-8-4-3-5-9-20)27(35)32(29-17)18(2)25(34)28-15-19-10-11-21-22(14-19)37-16-36-21/h3-14,18H,15-16H2,1-2H3,(H,28,34). The third-order valence-corrected chi connectivity index (χ3v) is 6.38. The van der Waals surface area contributed by atoms with Gasteiger partial charge in [0.1, 0.15) is 16.9 Å². The first-order chi connectivity index (χ1) is 18.0. The van der Waals surface area contributed by atoms with Gasteiger partial charge in [-0.1, -0.05) is 24.3 Å². The molecule has 0 saturated carbocycles. The molecule has 2 aromatic carbocycles. The highest BCUT2D eigenvalue weighted by molar-refractivity contribution is 5.88. The van der Waals surface area contributed by atoms with Crippen molar-refractivity contribution in [3.8, 4) is 23.0 Å². The molecule has 1 atom stereocenters. The highest BCUT2D eigenvalue weighted by atomic mass is 16.7. The molecule has 1 N–H and O–H groups in total. The first-order valence-corrected chi connectivity index (χ1v) is 11.9. The summed E-state index contributed by atoms with van der Waals surface area (Å²) in [5.74, 6) is 1.58. The molecule has 0 fully saturated rings. The molecule has 0 saturated heterocycles. The van der Waals surface area contributed by atoms with Crippen LogP contribution < -0.4 is 20.3 Å². The molecule has 186 valence electrons. The van der Waals surface area contributed by atoms with Crippen LogP contribution in [0, 0.1) is 6.92 Å². The molecule has 4 heterocycles. The van der Waals surface area contributed by atoms with Crippen molar-refractivity contribution >= 4 is 16.8 Å². The number of para-hydroxylation sites is 1. The van der Waals surface area contributed by atoms with Crippen molar-refractivity contribution in [2.75, 3.05) is 6.79 Å². The predicted octanol–water partition coefficient (Wildman–Crippen LogP) is 3.29. The lowest BCUT2D eigenvalue weighted by atomic mass is 10.2. The zero-order valence-corrected chi connectivity index (χ0v) is 20.3. The van der Waals surface area contributed by atoms with Crippen LogP contribution in [0.15, 0.2) is 77.9 Å². The van der Waals surface area contributed by atoms with Gasteiger partial charge in [-0.05, 0) is 55.8 Å². The summed E-state index contributed by atoms with van der Waals surface area (Å²) >= 11 is 0. The second-order valence-electron chi connectivity index (χ2n) is 8.80. The third kappa shape index (κ3) is 3.92. The van der Waals surface area contributed by atoms with E-state index in [1.807, 2.05) is 77.6 Å². The molecule has 3 aromatic heterocycles. The maximum absolute atomic E-state index is 13.8. The molecule has 0 bridgehead atoms. The lowest BCUT2D eigenvalue weighted by Gasteiger charge is -2.15. The average Bonchev–Trinajstić information content (AvgIpc) is 3.68. The fourth-order valence-corrected chi connectivity index (χ4v) is 4.45. The smallest absolute Gasteiger partial charge is 0.280 e. The van der Waals surface area contributed by atoms with E-state index in [4.69, 9.17) is 14.6 Å². The van der Waals surface area contributed by atoms with E-state index in [1.54, 1.807) is 18.5 Å². The molecule has 10 heteroatoms. The maximum Gasteiger partial charge on any atom is 0.280 e. The van der Waals surface area contributed by atoms with Gasteiger partial charge in [0.2, 0.25) is 12.7 Å². The summed E-state index contributed by atoms with van der Waals surface area (Å²) in [6, 6.07) is 18.0. The second-order valence-corrected chi connectivity index (χ2v) is 8.80. The zero-order valence-electron chi connectivity index (χ0n) is 20.3. The van der Waals surface area contributed by atoms with E-state index >= 15 is 0 Å². The quantitative estimate of drug-likeness (QED) is 0.387. The van der Waals surface area contributed by atoms with E-state index in [0.29, 0.717) is 33.9 Å². The van der Waals surface area contributed by atoms with Crippen LogP contribution in [0.1, 0.15) is 24.2 Å². The molecule has 0 radical (unpaired) electrons. The largest absolute Gasteiger partial charge is 0.454 e. The number of aromatic nitrogens is 5. The normalized spacial score (nSPS) is 13.1. The summed E-state index contributed by atoms with van der Waals surface area (Å²) < 4.78 is 15.6. The van der Waals surface area contributed by atoms with E-state index in [0.717, 1.165) is 11.3 Å². The number of benzene rings is 2. The van der Waals surface area contributed by atoms with Gasteiger partial charge in [0.25, 0.3) is 5.56 Å². The number of rotatable bonds is 6. The van der Waals surface area contributed by atoms with Crippen molar-refractivity contribution in [1.82, 2.24) is 29.4 Å². The summed E-state index contributed by atoms with van der Waals surface area (Å²) in [7, 11) is 0. The maximum atomic E-state index is 13.8. The Kier molecular flexibility index (Phi) is 5.48. The van der Waals surface area contributed by atoms with Crippen molar-refractivity contribution < 1.29 is 14.3 Å². The SMILES string of the molecule is Cc1nn(C(C)C(=O)NCc2ccc3c(c2)OCO3)c(=O)c2c(-n3cccc3)n(-c3ccccc3)nc12. The molecule has 1 aliphatic heterocycles. The number of nitrogens with zero attached hydrogens (tertiary/aromatic N) is 5. The van der Waals surface area contributed by atoms with E-state index in [1.165, 1.54) is 4.68 Å². The van der Waals surface area contributed by atoms with Crippen LogP contribution in [0.25, 0.3) is 22.4 Å². The number of amides is 1. The Hall–Kier alpha value is -4.86. The van der Waals surface area contributed by atoms with Gasteiger partial charge in [-0.3, -0.25) is 9.59 Å². The van der Waals surface area contributed by atoms with Gasteiger partial charge in [-0.25, -0.2) is 9.36 Å². The monoisotopic (exact) mass is 496 g/mol. The van der Waals surface area contributed by atoms with Gasteiger partial charge < -0.3 is 19.4 Å². The fourth-order valence-electron chi connectivity index (χ4n) is 4.45.